The molecule has 0 bridgehead atoms. The average molecular weight is 339 g/mol. The number of nitrogens with zero attached hydrogens (tertiary/aromatic N) is 6. The number of hydrogen-bond acceptors (Lipinski definition) is 6. The van der Waals surface area contributed by atoms with Crippen molar-refractivity contribution in [2.75, 3.05) is 31.5 Å². The molecule has 0 radical (unpaired) electrons. The van der Waals surface area contributed by atoms with Crippen molar-refractivity contribution in [1.82, 2.24) is 24.6 Å². The van der Waals surface area contributed by atoms with E-state index in [9.17, 15) is 0 Å². The minimum atomic E-state index is 0.452. The summed E-state index contributed by atoms with van der Waals surface area (Å²) in [5.74, 6) is 0.655. The molecular weight excluding hydrogens is 314 g/mol. The first-order valence-electron chi connectivity index (χ1n) is 8.96. The van der Waals surface area contributed by atoms with Gasteiger partial charge in [-0.2, -0.15) is 10.4 Å². The van der Waals surface area contributed by atoms with Gasteiger partial charge in [0.05, 0.1) is 30.9 Å². The lowest BCUT2D eigenvalue weighted by atomic mass is 10.1. The van der Waals surface area contributed by atoms with Crippen LogP contribution in [0.4, 0.5) is 5.95 Å². The first-order chi connectivity index (χ1) is 12.3. The fourth-order valence-electron chi connectivity index (χ4n) is 3.10. The molecular formula is C18H25N7. The molecule has 1 N–H and O–H groups in total. The quantitative estimate of drug-likeness (QED) is 0.834. The summed E-state index contributed by atoms with van der Waals surface area (Å²) in [5, 5.41) is 16.3. The van der Waals surface area contributed by atoms with Crippen LogP contribution in [0.1, 0.15) is 31.2 Å². The normalized spacial score (nSPS) is 15.0. The number of nitriles is 1. The minimum absolute atomic E-state index is 0.452. The van der Waals surface area contributed by atoms with E-state index in [1.54, 1.807) is 10.9 Å². The van der Waals surface area contributed by atoms with Crippen molar-refractivity contribution in [3.8, 4) is 17.3 Å². The predicted molar refractivity (Wildman–Crippen MR) is 97.0 cm³/mol. The number of aromatic nitrogens is 4. The molecule has 132 valence electrons. The lowest BCUT2D eigenvalue weighted by Gasteiger charge is -2.26. The molecule has 0 amide bonds. The Morgan fingerprint density at radius 2 is 2.04 bits per heavy atom. The Morgan fingerprint density at radius 3 is 2.84 bits per heavy atom. The zero-order valence-corrected chi connectivity index (χ0v) is 14.8. The molecule has 1 fully saturated rings. The van der Waals surface area contributed by atoms with Crippen molar-refractivity contribution >= 4 is 5.95 Å². The summed E-state index contributed by atoms with van der Waals surface area (Å²) in [5.41, 5.74) is 2.86. The Hall–Kier alpha value is -2.46. The highest BCUT2D eigenvalue weighted by molar-refractivity contribution is 5.62. The van der Waals surface area contributed by atoms with Crippen LogP contribution in [0.15, 0.2) is 18.6 Å². The molecule has 0 aliphatic carbocycles. The number of anilines is 1. The van der Waals surface area contributed by atoms with E-state index in [1.807, 2.05) is 19.3 Å². The molecule has 7 nitrogen and oxygen atoms in total. The Bertz CT molecular complexity index is 725. The molecule has 0 spiro atoms. The van der Waals surface area contributed by atoms with Gasteiger partial charge in [0.15, 0.2) is 0 Å². The Morgan fingerprint density at radius 1 is 1.20 bits per heavy atom. The fraction of sp³-hybridized carbons (Fsp3) is 0.556. The minimum Gasteiger partial charge on any atom is -0.353 e. The van der Waals surface area contributed by atoms with Gasteiger partial charge in [-0.1, -0.05) is 6.42 Å². The van der Waals surface area contributed by atoms with Crippen LogP contribution in [0.5, 0.6) is 0 Å². The molecule has 0 aromatic carbocycles. The van der Waals surface area contributed by atoms with Crippen molar-refractivity contribution < 1.29 is 0 Å². The standard InChI is InChI=1S/C18H25N7/c1-15-12-21-18(20-7-11-24-8-3-2-4-9-24)23-17(15)16-13-22-25(14-16)10-5-6-19/h12-14H,2-5,7-11H2,1H3,(H,20,21,23). The third-order valence-corrected chi connectivity index (χ3v) is 4.49. The van der Waals surface area contributed by atoms with Crippen molar-refractivity contribution in [2.45, 2.75) is 39.2 Å². The summed E-state index contributed by atoms with van der Waals surface area (Å²) in [7, 11) is 0. The largest absolute Gasteiger partial charge is 0.353 e. The highest BCUT2D eigenvalue weighted by atomic mass is 15.3. The molecule has 1 aliphatic heterocycles. The monoisotopic (exact) mass is 339 g/mol. The molecule has 3 heterocycles. The van der Waals surface area contributed by atoms with Gasteiger partial charge in [0, 0.05) is 31.0 Å². The molecule has 0 unspecified atom stereocenters. The van der Waals surface area contributed by atoms with Gasteiger partial charge in [-0.25, -0.2) is 9.97 Å². The summed E-state index contributed by atoms with van der Waals surface area (Å²) in [6.45, 7) is 6.87. The summed E-state index contributed by atoms with van der Waals surface area (Å²) in [6.07, 6.45) is 10.00. The lowest BCUT2D eigenvalue weighted by molar-refractivity contribution is 0.237. The number of piperidine rings is 1. The second kappa shape index (κ2) is 8.58. The second-order valence-corrected chi connectivity index (χ2v) is 6.45. The third kappa shape index (κ3) is 4.77. The van der Waals surface area contributed by atoms with Gasteiger partial charge in [-0.3, -0.25) is 4.68 Å². The van der Waals surface area contributed by atoms with E-state index < -0.39 is 0 Å². The summed E-state index contributed by atoms with van der Waals surface area (Å²) >= 11 is 0. The molecule has 3 rings (SSSR count). The van der Waals surface area contributed by atoms with Crippen molar-refractivity contribution in [1.29, 1.82) is 5.26 Å². The fourth-order valence-corrected chi connectivity index (χ4v) is 3.10. The molecule has 0 saturated carbocycles. The highest BCUT2D eigenvalue weighted by Crippen LogP contribution is 2.21. The van der Waals surface area contributed by atoms with Crippen molar-refractivity contribution in [2.24, 2.45) is 0 Å². The molecule has 2 aromatic heterocycles. The third-order valence-electron chi connectivity index (χ3n) is 4.49. The number of nitrogens with one attached hydrogen (secondary N) is 1. The van der Waals surface area contributed by atoms with Crippen LogP contribution >= 0.6 is 0 Å². The van der Waals surface area contributed by atoms with Gasteiger partial charge >= 0.3 is 0 Å². The Kier molecular flexibility index (Phi) is 5.96. The summed E-state index contributed by atoms with van der Waals surface area (Å²) in [6, 6.07) is 2.14. The summed E-state index contributed by atoms with van der Waals surface area (Å²) in [4.78, 5) is 11.5. The SMILES string of the molecule is Cc1cnc(NCCN2CCCCC2)nc1-c1cnn(CCC#N)c1. The van der Waals surface area contributed by atoms with Crippen LogP contribution in [0, 0.1) is 18.3 Å². The first-order valence-corrected chi connectivity index (χ1v) is 8.96. The smallest absolute Gasteiger partial charge is 0.223 e. The van der Waals surface area contributed by atoms with Crippen LogP contribution in [0.3, 0.4) is 0 Å². The molecule has 7 heteroatoms. The molecule has 1 aliphatic rings. The van der Waals surface area contributed by atoms with Gasteiger partial charge in [-0.05, 0) is 38.4 Å². The van der Waals surface area contributed by atoms with E-state index in [-0.39, 0.29) is 0 Å². The predicted octanol–water partition coefficient (Wildman–Crippen LogP) is 2.46. The maximum atomic E-state index is 8.69. The Labute approximate surface area is 148 Å². The number of aryl methyl sites for hydroxylation is 2. The maximum absolute atomic E-state index is 8.69. The van der Waals surface area contributed by atoms with Crippen LogP contribution in [0.2, 0.25) is 0 Å². The van der Waals surface area contributed by atoms with Gasteiger partial charge in [0.25, 0.3) is 0 Å². The van der Waals surface area contributed by atoms with Crippen LogP contribution in [0.25, 0.3) is 11.3 Å². The van der Waals surface area contributed by atoms with E-state index >= 15 is 0 Å². The van der Waals surface area contributed by atoms with Crippen LogP contribution in [-0.2, 0) is 6.54 Å². The topological polar surface area (TPSA) is 82.7 Å². The molecule has 25 heavy (non-hydrogen) atoms. The van der Waals surface area contributed by atoms with E-state index in [1.165, 1.54) is 32.4 Å². The van der Waals surface area contributed by atoms with E-state index in [2.05, 4.69) is 31.4 Å². The second-order valence-electron chi connectivity index (χ2n) is 6.45. The van der Waals surface area contributed by atoms with E-state index in [0.717, 1.165) is 29.9 Å². The average Bonchev–Trinajstić information content (AvgIpc) is 3.11. The van der Waals surface area contributed by atoms with Crippen molar-refractivity contribution in [3.05, 3.63) is 24.2 Å². The number of likely N-dealkylation sites (tertiary alicyclic amines) is 1. The molecule has 1 saturated heterocycles. The summed E-state index contributed by atoms with van der Waals surface area (Å²) < 4.78 is 1.78. The Balaban J connectivity index is 1.61. The highest BCUT2D eigenvalue weighted by Gasteiger charge is 2.11. The van der Waals surface area contributed by atoms with Gasteiger partial charge in [-0.15, -0.1) is 0 Å². The lowest BCUT2D eigenvalue weighted by Crippen LogP contribution is -2.33. The number of rotatable bonds is 7. The van der Waals surface area contributed by atoms with Gasteiger partial charge in [0.1, 0.15) is 0 Å². The number of hydrogen-bond donors (Lipinski definition) is 1. The molecule has 2 aromatic rings. The zero-order valence-electron chi connectivity index (χ0n) is 14.8. The first kappa shape index (κ1) is 17.4. The van der Waals surface area contributed by atoms with Crippen molar-refractivity contribution in [3.63, 3.8) is 0 Å². The van der Waals surface area contributed by atoms with Gasteiger partial charge < -0.3 is 10.2 Å². The maximum Gasteiger partial charge on any atom is 0.223 e. The van der Waals surface area contributed by atoms with E-state index in [0.29, 0.717) is 18.9 Å². The zero-order chi connectivity index (χ0) is 17.5. The van der Waals surface area contributed by atoms with Crippen LogP contribution < -0.4 is 5.32 Å². The molecule has 0 atom stereocenters. The van der Waals surface area contributed by atoms with Crippen LogP contribution in [-0.4, -0.2) is 50.8 Å². The van der Waals surface area contributed by atoms with Gasteiger partial charge in [0.2, 0.25) is 5.95 Å². The van der Waals surface area contributed by atoms with E-state index in [4.69, 9.17) is 5.26 Å².